The van der Waals surface area contributed by atoms with Gasteiger partial charge in [-0.1, -0.05) is 24.1 Å². The standard InChI is InChI=1S/C13H17ClFNO2S/c1-19(17,18)13-4-2-3-12(13)16-8-9-5-6-11(15)10(14)7-9/h5-7,12-13,16H,2-4,8H2,1H3. The Morgan fingerprint density at radius 3 is 2.79 bits per heavy atom. The predicted molar refractivity (Wildman–Crippen MR) is 74.5 cm³/mol. The first-order valence-electron chi connectivity index (χ1n) is 6.24. The Labute approximate surface area is 118 Å². The molecule has 0 aliphatic heterocycles. The second kappa shape index (κ2) is 5.77. The molecule has 2 unspecified atom stereocenters. The molecule has 0 heterocycles. The van der Waals surface area contributed by atoms with Crippen LogP contribution < -0.4 is 5.32 Å². The van der Waals surface area contributed by atoms with Crippen LogP contribution in [0.2, 0.25) is 5.02 Å². The summed E-state index contributed by atoms with van der Waals surface area (Å²) in [7, 11) is -3.02. The molecule has 19 heavy (non-hydrogen) atoms. The van der Waals surface area contributed by atoms with E-state index in [1.54, 1.807) is 12.1 Å². The van der Waals surface area contributed by atoms with Gasteiger partial charge in [-0.2, -0.15) is 0 Å². The largest absolute Gasteiger partial charge is 0.309 e. The molecule has 1 aliphatic rings. The molecule has 1 saturated carbocycles. The highest BCUT2D eigenvalue weighted by molar-refractivity contribution is 7.91. The van der Waals surface area contributed by atoms with Crippen molar-refractivity contribution in [3.05, 3.63) is 34.6 Å². The van der Waals surface area contributed by atoms with Gasteiger partial charge in [0.05, 0.1) is 10.3 Å². The van der Waals surface area contributed by atoms with Gasteiger partial charge < -0.3 is 5.32 Å². The lowest BCUT2D eigenvalue weighted by Gasteiger charge is -2.19. The van der Waals surface area contributed by atoms with E-state index in [2.05, 4.69) is 5.32 Å². The molecule has 1 aliphatic carbocycles. The van der Waals surface area contributed by atoms with Crippen molar-refractivity contribution in [1.29, 1.82) is 0 Å². The average Bonchev–Trinajstić information content (AvgIpc) is 2.79. The molecule has 2 atom stereocenters. The summed E-state index contributed by atoms with van der Waals surface area (Å²) in [6.45, 7) is 0.497. The molecule has 2 rings (SSSR count). The Bertz CT molecular complexity index is 562. The summed E-state index contributed by atoms with van der Waals surface area (Å²) in [5, 5.41) is 3.01. The van der Waals surface area contributed by atoms with Crippen molar-refractivity contribution in [1.82, 2.24) is 5.32 Å². The van der Waals surface area contributed by atoms with Gasteiger partial charge in [0.2, 0.25) is 0 Å². The number of hydrogen-bond donors (Lipinski definition) is 1. The zero-order valence-corrected chi connectivity index (χ0v) is 12.3. The Morgan fingerprint density at radius 1 is 1.42 bits per heavy atom. The van der Waals surface area contributed by atoms with Gasteiger partial charge in [-0.25, -0.2) is 12.8 Å². The summed E-state index contributed by atoms with van der Waals surface area (Å²) in [5.41, 5.74) is 0.852. The minimum atomic E-state index is -3.02. The molecular weight excluding hydrogens is 289 g/mol. The van der Waals surface area contributed by atoms with Crippen LogP contribution in [0.25, 0.3) is 0 Å². The average molecular weight is 306 g/mol. The summed E-state index contributed by atoms with van der Waals surface area (Å²) in [6.07, 6.45) is 3.76. The topological polar surface area (TPSA) is 46.2 Å². The van der Waals surface area contributed by atoms with Gasteiger partial charge in [0.1, 0.15) is 5.82 Å². The highest BCUT2D eigenvalue weighted by atomic mass is 35.5. The van der Waals surface area contributed by atoms with E-state index in [-0.39, 0.29) is 16.3 Å². The molecule has 0 saturated heterocycles. The zero-order chi connectivity index (χ0) is 14.0. The molecule has 0 radical (unpaired) electrons. The van der Waals surface area contributed by atoms with Gasteiger partial charge in [-0.05, 0) is 30.5 Å². The van der Waals surface area contributed by atoms with Crippen LogP contribution >= 0.6 is 11.6 Å². The van der Waals surface area contributed by atoms with Gasteiger partial charge in [0.25, 0.3) is 0 Å². The summed E-state index contributed by atoms with van der Waals surface area (Å²) < 4.78 is 36.3. The lowest BCUT2D eigenvalue weighted by atomic mass is 10.2. The Morgan fingerprint density at radius 2 is 2.16 bits per heavy atom. The normalized spacial score (nSPS) is 23.7. The maximum absolute atomic E-state index is 13.0. The van der Waals surface area contributed by atoms with E-state index >= 15 is 0 Å². The van der Waals surface area contributed by atoms with E-state index in [1.165, 1.54) is 12.3 Å². The Balaban J connectivity index is 2.00. The second-order valence-corrected chi connectivity index (χ2v) is 7.71. The molecule has 0 aromatic heterocycles. The van der Waals surface area contributed by atoms with Crippen molar-refractivity contribution in [2.24, 2.45) is 0 Å². The van der Waals surface area contributed by atoms with Gasteiger partial charge in [-0.15, -0.1) is 0 Å². The lowest BCUT2D eigenvalue weighted by molar-refractivity contribution is 0.507. The fourth-order valence-electron chi connectivity index (χ4n) is 2.57. The monoisotopic (exact) mass is 305 g/mol. The third-order valence-electron chi connectivity index (χ3n) is 3.55. The van der Waals surface area contributed by atoms with Crippen LogP contribution in [0.1, 0.15) is 24.8 Å². The van der Waals surface area contributed by atoms with Gasteiger partial charge in [0, 0.05) is 18.8 Å². The number of sulfone groups is 1. The smallest absolute Gasteiger partial charge is 0.151 e. The van der Waals surface area contributed by atoms with Crippen LogP contribution in [-0.2, 0) is 16.4 Å². The third-order valence-corrected chi connectivity index (χ3v) is 5.51. The predicted octanol–water partition coefficient (Wildman–Crippen LogP) is 2.53. The molecule has 0 bridgehead atoms. The first-order valence-corrected chi connectivity index (χ1v) is 8.57. The molecule has 106 valence electrons. The van der Waals surface area contributed by atoms with Gasteiger partial charge in [0.15, 0.2) is 9.84 Å². The van der Waals surface area contributed by atoms with E-state index in [0.717, 1.165) is 18.4 Å². The molecule has 1 N–H and O–H groups in total. The minimum absolute atomic E-state index is 0.0289. The number of halogens is 2. The van der Waals surface area contributed by atoms with Crippen molar-refractivity contribution < 1.29 is 12.8 Å². The molecule has 3 nitrogen and oxygen atoms in total. The van der Waals surface area contributed by atoms with Crippen LogP contribution in [0.15, 0.2) is 18.2 Å². The second-order valence-electron chi connectivity index (χ2n) is 5.03. The molecular formula is C13H17ClFNO2S. The first-order chi connectivity index (χ1) is 8.88. The number of benzene rings is 1. The van der Waals surface area contributed by atoms with E-state index in [0.29, 0.717) is 13.0 Å². The summed E-state index contributed by atoms with van der Waals surface area (Å²) in [5.74, 6) is -0.444. The summed E-state index contributed by atoms with van der Waals surface area (Å²) in [4.78, 5) is 0. The van der Waals surface area contributed by atoms with Crippen LogP contribution in [0.4, 0.5) is 4.39 Å². The summed E-state index contributed by atoms with van der Waals surface area (Å²) in [6, 6.07) is 4.51. The fourth-order valence-corrected chi connectivity index (χ4v) is 4.20. The van der Waals surface area contributed by atoms with Crippen molar-refractivity contribution in [3.8, 4) is 0 Å². The van der Waals surface area contributed by atoms with Crippen molar-refractivity contribution in [3.63, 3.8) is 0 Å². The molecule has 0 spiro atoms. The van der Waals surface area contributed by atoms with E-state index < -0.39 is 15.7 Å². The zero-order valence-electron chi connectivity index (χ0n) is 10.7. The summed E-state index contributed by atoms with van der Waals surface area (Å²) >= 11 is 5.71. The Kier molecular flexibility index (Phi) is 4.48. The quantitative estimate of drug-likeness (QED) is 0.930. The molecule has 6 heteroatoms. The maximum atomic E-state index is 13.0. The van der Waals surface area contributed by atoms with E-state index in [1.807, 2.05) is 0 Å². The van der Waals surface area contributed by atoms with Gasteiger partial charge >= 0.3 is 0 Å². The number of nitrogens with one attached hydrogen (secondary N) is 1. The Hall–Kier alpha value is -0.650. The van der Waals surface area contributed by atoms with E-state index in [9.17, 15) is 12.8 Å². The molecule has 1 aromatic rings. The van der Waals surface area contributed by atoms with Crippen LogP contribution in [0.3, 0.4) is 0 Å². The maximum Gasteiger partial charge on any atom is 0.151 e. The highest BCUT2D eigenvalue weighted by Crippen LogP contribution is 2.25. The number of rotatable bonds is 4. The van der Waals surface area contributed by atoms with Crippen LogP contribution in [-0.4, -0.2) is 26.0 Å². The SMILES string of the molecule is CS(=O)(=O)C1CCCC1NCc1ccc(F)c(Cl)c1. The van der Waals surface area contributed by atoms with Crippen LogP contribution in [0.5, 0.6) is 0 Å². The van der Waals surface area contributed by atoms with E-state index in [4.69, 9.17) is 11.6 Å². The third kappa shape index (κ3) is 3.68. The molecule has 1 fully saturated rings. The molecule has 0 amide bonds. The van der Waals surface area contributed by atoms with Gasteiger partial charge in [-0.3, -0.25) is 0 Å². The molecule has 1 aromatic carbocycles. The van der Waals surface area contributed by atoms with Crippen molar-refractivity contribution in [2.75, 3.05) is 6.26 Å². The first kappa shape index (κ1) is 14.8. The number of hydrogen-bond acceptors (Lipinski definition) is 3. The highest BCUT2D eigenvalue weighted by Gasteiger charge is 2.34. The van der Waals surface area contributed by atoms with Crippen molar-refractivity contribution in [2.45, 2.75) is 37.1 Å². The lowest BCUT2D eigenvalue weighted by Crippen LogP contribution is -2.39. The minimum Gasteiger partial charge on any atom is -0.309 e. The van der Waals surface area contributed by atoms with Crippen molar-refractivity contribution >= 4 is 21.4 Å². The van der Waals surface area contributed by atoms with Crippen LogP contribution in [0, 0.1) is 5.82 Å². The fraction of sp³-hybridized carbons (Fsp3) is 0.538.